The molecule has 3 aromatic heterocycles. The quantitative estimate of drug-likeness (QED) is 0.732. The topological polar surface area (TPSA) is 48.0 Å². The maximum atomic E-state index is 13.5. The number of rotatable bonds is 3. The summed E-state index contributed by atoms with van der Waals surface area (Å²) in [7, 11) is 0. The van der Waals surface area contributed by atoms with Gasteiger partial charge in [0.15, 0.2) is 11.7 Å². The van der Waals surface area contributed by atoms with Gasteiger partial charge in [-0.25, -0.2) is 9.50 Å². The molecule has 0 aliphatic heterocycles. The minimum atomic E-state index is -4.37. The van der Waals surface area contributed by atoms with E-state index in [4.69, 9.17) is 11.6 Å². The lowest BCUT2D eigenvalue weighted by Crippen LogP contribution is -2.29. The van der Waals surface area contributed by atoms with E-state index in [0.29, 0.717) is 17.6 Å². The van der Waals surface area contributed by atoms with Gasteiger partial charge < -0.3 is 0 Å². The monoisotopic (exact) mass is 341 g/mol. The predicted molar refractivity (Wildman–Crippen MR) is 76.2 cm³/mol. The van der Waals surface area contributed by atoms with Gasteiger partial charge in [0.2, 0.25) is 0 Å². The molecule has 0 radical (unpaired) electrons. The molecule has 1 unspecified atom stereocenters. The zero-order valence-electron chi connectivity index (χ0n) is 11.7. The van der Waals surface area contributed by atoms with Crippen molar-refractivity contribution >= 4 is 17.2 Å². The maximum absolute atomic E-state index is 13.5. The van der Waals surface area contributed by atoms with Crippen molar-refractivity contribution in [2.45, 2.75) is 24.6 Å². The van der Waals surface area contributed by atoms with Gasteiger partial charge in [-0.2, -0.15) is 23.4 Å². The maximum Gasteiger partial charge on any atom is 0.411 e. The molecule has 0 saturated heterocycles. The number of halogens is 4. The van der Waals surface area contributed by atoms with Crippen LogP contribution in [0.1, 0.15) is 23.9 Å². The van der Waals surface area contributed by atoms with Crippen molar-refractivity contribution in [1.29, 1.82) is 0 Å². The third kappa shape index (κ3) is 2.46. The van der Waals surface area contributed by atoms with E-state index in [1.165, 1.54) is 23.0 Å². The Morgan fingerprint density at radius 1 is 1.26 bits per heavy atom. The Balaban J connectivity index is 1.72. The van der Waals surface area contributed by atoms with Crippen molar-refractivity contribution in [3.05, 3.63) is 47.6 Å². The van der Waals surface area contributed by atoms with E-state index in [9.17, 15) is 13.2 Å². The largest absolute Gasteiger partial charge is 0.411 e. The molecule has 0 bridgehead atoms. The molecular formula is C14H11ClF3N5. The Morgan fingerprint density at radius 3 is 2.78 bits per heavy atom. The normalized spacial score (nSPS) is 22.4. The second kappa shape index (κ2) is 4.95. The molecule has 1 fully saturated rings. The smallest absolute Gasteiger partial charge is 0.260 e. The van der Waals surface area contributed by atoms with E-state index in [0.717, 1.165) is 4.68 Å². The first-order valence-electron chi connectivity index (χ1n) is 7.01. The van der Waals surface area contributed by atoms with Crippen molar-refractivity contribution in [2.24, 2.45) is 5.92 Å². The van der Waals surface area contributed by atoms with Gasteiger partial charge in [-0.15, -0.1) is 0 Å². The van der Waals surface area contributed by atoms with E-state index in [-0.39, 0.29) is 11.1 Å². The second-order valence-corrected chi connectivity index (χ2v) is 5.98. The van der Waals surface area contributed by atoms with Crippen LogP contribution in [0, 0.1) is 5.92 Å². The fraction of sp³-hybridized carbons (Fsp3) is 0.357. The van der Waals surface area contributed by atoms with Gasteiger partial charge in [-0.3, -0.25) is 4.68 Å². The lowest BCUT2D eigenvalue weighted by atomic mass is 10.1. The van der Waals surface area contributed by atoms with Crippen molar-refractivity contribution in [2.75, 3.05) is 0 Å². The fourth-order valence-electron chi connectivity index (χ4n) is 3.14. The first kappa shape index (κ1) is 14.5. The van der Waals surface area contributed by atoms with Crippen LogP contribution >= 0.6 is 11.6 Å². The molecule has 1 aliphatic carbocycles. The minimum absolute atomic E-state index is 0.235. The summed E-state index contributed by atoms with van der Waals surface area (Å²) in [5.41, 5.74) is 1.24. The number of hydrogen-bond acceptors (Lipinski definition) is 3. The summed E-state index contributed by atoms with van der Waals surface area (Å²) < 4.78 is 42.9. The molecule has 9 heteroatoms. The first-order chi connectivity index (χ1) is 10.9. The van der Waals surface area contributed by atoms with Crippen LogP contribution < -0.4 is 0 Å². The summed E-state index contributed by atoms with van der Waals surface area (Å²) >= 11 is 5.97. The lowest BCUT2D eigenvalue weighted by molar-refractivity contribution is -0.176. The molecule has 0 aromatic carbocycles. The van der Waals surface area contributed by atoms with E-state index in [1.807, 2.05) is 0 Å². The Bertz CT molecular complexity index is 842. The summed E-state index contributed by atoms with van der Waals surface area (Å²) in [5.74, 6) is -0.856. The summed E-state index contributed by atoms with van der Waals surface area (Å²) in [6, 6.07) is 1.45. The summed E-state index contributed by atoms with van der Waals surface area (Å²) in [6.45, 7) is 0. The summed E-state index contributed by atoms with van der Waals surface area (Å²) in [6.07, 6.45) is 1.91. The SMILES string of the molecule is FC(F)(F)C([C@H]1C[C@@H]1c1cc(Cl)nn2ccnc12)n1cccn1. The molecule has 0 amide bonds. The Labute approximate surface area is 133 Å². The number of imidazole rings is 1. The highest BCUT2D eigenvalue weighted by atomic mass is 35.5. The zero-order chi connectivity index (χ0) is 16.2. The van der Waals surface area contributed by atoms with E-state index in [1.54, 1.807) is 18.5 Å². The zero-order valence-corrected chi connectivity index (χ0v) is 12.4. The molecule has 0 spiro atoms. The number of fused-ring (bicyclic) bond motifs is 1. The number of hydrogen-bond donors (Lipinski definition) is 0. The van der Waals surface area contributed by atoms with Gasteiger partial charge in [0.25, 0.3) is 0 Å². The third-order valence-corrected chi connectivity index (χ3v) is 4.33. The average Bonchev–Trinajstić information content (AvgIpc) is 2.88. The average molecular weight is 342 g/mol. The molecule has 3 atom stereocenters. The first-order valence-corrected chi connectivity index (χ1v) is 7.38. The lowest BCUT2D eigenvalue weighted by Gasteiger charge is -2.21. The van der Waals surface area contributed by atoms with Crippen LogP contribution in [0.25, 0.3) is 5.65 Å². The van der Waals surface area contributed by atoms with Gasteiger partial charge in [-0.1, -0.05) is 11.6 Å². The molecule has 3 heterocycles. The van der Waals surface area contributed by atoms with Crippen molar-refractivity contribution in [3.8, 4) is 0 Å². The molecule has 1 saturated carbocycles. The van der Waals surface area contributed by atoms with E-state index >= 15 is 0 Å². The van der Waals surface area contributed by atoms with Crippen LogP contribution in [-0.2, 0) is 0 Å². The molecular weight excluding hydrogens is 331 g/mol. The van der Waals surface area contributed by atoms with Gasteiger partial charge in [0, 0.05) is 30.4 Å². The molecule has 4 rings (SSSR count). The highest BCUT2D eigenvalue weighted by Crippen LogP contribution is 2.58. The highest BCUT2D eigenvalue weighted by molar-refractivity contribution is 6.29. The molecule has 1 aliphatic rings. The Hall–Kier alpha value is -2.09. The standard InChI is InChI=1S/C14H11ClF3N5/c15-11-7-10(13-19-3-5-23(13)21-11)8-6-9(8)12(14(16,17)18)22-4-1-2-20-22/h1-5,7-9,12H,6H2/t8-,9-,12?/m0/s1. The highest BCUT2D eigenvalue weighted by Gasteiger charge is 2.56. The Kier molecular flexibility index (Phi) is 3.12. The molecule has 23 heavy (non-hydrogen) atoms. The molecule has 3 aromatic rings. The van der Waals surface area contributed by atoms with Crippen LogP contribution in [0.4, 0.5) is 13.2 Å². The fourth-order valence-corrected chi connectivity index (χ4v) is 3.34. The van der Waals surface area contributed by atoms with Crippen LogP contribution in [-0.4, -0.2) is 30.6 Å². The van der Waals surface area contributed by atoms with Crippen LogP contribution in [0.2, 0.25) is 5.15 Å². The summed E-state index contributed by atoms with van der Waals surface area (Å²) in [4.78, 5) is 4.18. The van der Waals surface area contributed by atoms with Crippen LogP contribution in [0.15, 0.2) is 36.9 Å². The van der Waals surface area contributed by atoms with Crippen molar-refractivity contribution in [1.82, 2.24) is 24.4 Å². The molecule has 120 valence electrons. The van der Waals surface area contributed by atoms with Crippen molar-refractivity contribution < 1.29 is 13.2 Å². The van der Waals surface area contributed by atoms with Gasteiger partial charge >= 0.3 is 6.18 Å². The minimum Gasteiger partial charge on any atom is -0.260 e. The summed E-state index contributed by atoms with van der Waals surface area (Å²) in [5, 5.41) is 8.07. The van der Waals surface area contributed by atoms with Gasteiger partial charge in [0.05, 0.1) is 0 Å². The second-order valence-electron chi connectivity index (χ2n) is 5.60. The Morgan fingerprint density at radius 2 is 2.09 bits per heavy atom. The van der Waals surface area contributed by atoms with E-state index in [2.05, 4.69) is 15.2 Å². The van der Waals surface area contributed by atoms with Gasteiger partial charge in [-0.05, 0) is 30.4 Å². The van der Waals surface area contributed by atoms with Gasteiger partial charge in [0.1, 0.15) is 5.15 Å². The van der Waals surface area contributed by atoms with E-state index < -0.39 is 18.1 Å². The predicted octanol–water partition coefficient (Wildman–Crippen LogP) is 3.49. The number of nitrogens with zero attached hydrogens (tertiary/aromatic N) is 5. The molecule has 5 nitrogen and oxygen atoms in total. The number of alkyl halides is 3. The van der Waals surface area contributed by atoms with Crippen LogP contribution in [0.3, 0.4) is 0 Å². The van der Waals surface area contributed by atoms with Crippen LogP contribution in [0.5, 0.6) is 0 Å². The molecule has 0 N–H and O–H groups in total. The third-order valence-electron chi connectivity index (χ3n) is 4.15. The number of aromatic nitrogens is 5. The van der Waals surface area contributed by atoms with Crippen molar-refractivity contribution in [3.63, 3.8) is 0 Å².